The number of carbonyl (C=O) groups excluding carboxylic acids is 2. The molecule has 5 saturated carbocycles. The number of hydrogen-bond donors (Lipinski definition) is 0. The SMILES string of the molecule is C=C(C)C1CCC2(C(=O)OC)CCC3(C)C(CCC4C5(C)CC(=Cc6cccc(I)c6)C(=O)C(C)(C)C5CCC43C)C12. The van der Waals surface area contributed by atoms with Crippen LogP contribution in [0.25, 0.3) is 6.08 Å². The summed E-state index contributed by atoms with van der Waals surface area (Å²) in [5, 5.41) is 0. The number of methoxy groups -OCH3 is 1. The van der Waals surface area contributed by atoms with Gasteiger partial charge in [0.05, 0.1) is 12.5 Å². The number of carbonyl (C=O) groups is 2. The van der Waals surface area contributed by atoms with Crippen molar-refractivity contribution in [1.82, 2.24) is 0 Å². The molecule has 0 bridgehead atoms. The fraction of sp³-hybridized carbons (Fsp3) is 0.684. The first-order valence-corrected chi connectivity index (χ1v) is 17.5. The molecule has 0 saturated heterocycles. The molecule has 0 heterocycles. The Hall–Kier alpha value is -1.43. The summed E-state index contributed by atoms with van der Waals surface area (Å²) in [4.78, 5) is 27.6. The van der Waals surface area contributed by atoms with Gasteiger partial charge < -0.3 is 4.74 Å². The van der Waals surface area contributed by atoms with Crippen molar-refractivity contribution >= 4 is 40.4 Å². The van der Waals surface area contributed by atoms with E-state index in [1.165, 1.54) is 22.0 Å². The maximum absolute atomic E-state index is 14.1. The van der Waals surface area contributed by atoms with Gasteiger partial charge in [0.1, 0.15) is 0 Å². The third-order valence-corrected chi connectivity index (χ3v) is 15.1. The third kappa shape index (κ3) is 4.01. The molecule has 0 spiro atoms. The van der Waals surface area contributed by atoms with E-state index < -0.39 is 0 Å². The highest BCUT2D eigenvalue weighted by molar-refractivity contribution is 14.1. The van der Waals surface area contributed by atoms with E-state index in [2.05, 4.69) is 101 Å². The minimum atomic E-state index is -0.372. The van der Waals surface area contributed by atoms with E-state index in [0.29, 0.717) is 35.4 Å². The van der Waals surface area contributed by atoms with Gasteiger partial charge in [0.2, 0.25) is 0 Å². The van der Waals surface area contributed by atoms with E-state index in [0.717, 1.165) is 56.1 Å². The second-order valence-electron chi connectivity index (χ2n) is 16.3. The molecular weight excluding hydrogens is 631 g/mol. The van der Waals surface area contributed by atoms with E-state index in [1.54, 1.807) is 7.11 Å². The first-order chi connectivity index (χ1) is 19.7. The zero-order valence-corrected chi connectivity index (χ0v) is 29.1. The van der Waals surface area contributed by atoms with Gasteiger partial charge in [-0.15, -0.1) is 0 Å². The predicted molar refractivity (Wildman–Crippen MR) is 179 cm³/mol. The molecule has 9 atom stereocenters. The highest BCUT2D eigenvalue weighted by atomic mass is 127. The summed E-state index contributed by atoms with van der Waals surface area (Å²) in [6.45, 7) is 18.9. The predicted octanol–water partition coefficient (Wildman–Crippen LogP) is 9.68. The Balaban J connectivity index is 1.42. The second-order valence-corrected chi connectivity index (χ2v) is 17.5. The lowest BCUT2D eigenvalue weighted by Crippen LogP contribution is -2.67. The molecule has 228 valence electrons. The number of hydrogen-bond acceptors (Lipinski definition) is 3. The second kappa shape index (κ2) is 10.0. The van der Waals surface area contributed by atoms with Crippen LogP contribution in [0.4, 0.5) is 0 Å². The standard InChI is InChI=1S/C38H51IO3/c1-23(2)27-14-17-38(33(41)42-8)19-18-36(6)28(31(27)38)12-13-30-35(5)22-25(20-24-10-9-11-26(39)21-24)32(40)34(3,4)29(35)15-16-37(30,36)7/h9-11,20-21,27-31H,1,12-19,22H2,2-8H3. The van der Waals surface area contributed by atoms with Crippen LogP contribution >= 0.6 is 22.6 Å². The Morgan fingerprint density at radius 3 is 2.38 bits per heavy atom. The lowest BCUT2D eigenvalue weighted by molar-refractivity contribution is -0.232. The average Bonchev–Trinajstić information content (AvgIpc) is 3.33. The molecule has 42 heavy (non-hydrogen) atoms. The van der Waals surface area contributed by atoms with Crippen LogP contribution in [0.1, 0.15) is 105 Å². The summed E-state index contributed by atoms with van der Waals surface area (Å²) < 4.78 is 6.75. The Morgan fingerprint density at radius 2 is 1.71 bits per heavy atom. The number of Topliss-reactive ketones (excluding diaryl/α,β-unsaturated/α-hetero) is 1. The lowest BCUT2D eigenvalue weighted by Gasteiger charge is -2.72. The van der Waals surface area contributed by atoms with Crippen LogP contribution in [0.15, 0.2) is 42.0 Å². The zero-order chi connectivity index (χ0) is 30.5. The van der Waals surface area contributed by atoms with Gasteiger partial charge in [-0.3, -0.25) is 9.59 Å². The number of fused-ring (bicyclic) bond motifs is 7. The topological polar surface area (TPSA) is 43.4 Å². The molecule has 5 aliphatic rings. The lowest BCUT2D eigenvalue weighted by atomic mass is 9.32. The normalized spacial score (nSPS) is 44.9. The number of ketones is 1. The van der Waals surface area contributed by atoms with Crippen molar-refractivity contribution in [3.05, 3.63) is 51.1 Å². The number of rotatable bonds is 3. The summed E-state index contributed by atoms with van der Waals surface area (Å²) in [6, 6.07) is 8.53. The van der Waals surface area contributed by atoms with Crippen molar-refractivity contribution < 1.29 is 14.3 Å². The molecular formula is C38H51IO3. The summed E-state index contributed by atoms with van der Waals surface area (Å²) in [5.41, 5.74) is 3.05. The van der Waals surface area contributed by atoms with Crippen LogP contribution in [-0.4, -0.2) is 18.9 Å². The Kier molecular flexibility index (Phi) is 7.31. The highest BCUT2D eigenvalue weighted by Gasteiger charge is 2.72. The summed E-state index contributed by atoms with van der Waals surface area (Å²) >= 11 is 2.36. The number of esters is 1. The summed E-state index contributed by atoms with van der Waals surface area (Å²) in [6.07, 6.45) is 11.7. The van der Waals surface area contributed by atoms with Crippen LogP contribution in [0.2, 0.25) is 0 Å². The van der Waals surface area contributed by atoms with Crippen LogP contribution < -0.4 is 0 Å². The van der Waals surface area contributed by atoms with Crippen LogP contribution in [0, 0.1) is 60.2 Å². The minimum Gasteiger partial charge on any atom is -0.469 e. The van der Waals surface area contributed by atoms with Gasteiger partial charge in [-0.05, 0) is 162 Å². The van der Waals surface area contributed by atoms with Gasteiger partial charge in [-0.25, -0.2) is 0 Å². The van der Waals surface area contributed by atoms with Crippen molar-refractivity contribution in [1.29, 1.82) is 0 Å². The number of allylic oxidation sites excluding steroid dienone is 2. The minimum absolute atomic E-state index is 0.0270. The fourth-order valence-corrected chi connectivity index (χ4v) is 13.0. The molecule has 4 heteroatoms. The first-order valence-electron chi connectivity index (χ1n) is 16.4. The van der Waals surface area contributed by atoms with E-state index in [9.17, 15) is 9.59 Å². The average molecular weight is 683 g/mol. The smallest absolute Gasteiger partial charge is 0.312 e. The van der Waals surface area contributed by atoms with E-state index in [-0.39, 0.29) is 33.0 Å². The molecule has 0 amide bonds. The monoisotopic (exact) mass is 682 g/mol. The molecule has 0 N–H and O–H groups in total. The fourth-order valence-electron chi connectivity index (χ4n) is 12.5. The summed E-state index contributed by atoms with van der Waals surface area (Å²) in [5.74, 6) is 2.53. The molecule has 3 nitrogen and oxygen atoms in total. The third-order valence-electron chi connectivity index (χ3n) is 14.4. The number of benzene rings is 1. The largest absolute Gasteiger partial charge is 0.469 e. The van der Waals surface area contributed by atoms with Gasteiger partial charge in [0, 0.05) is 8.99 Å². The van der Waals surface area contributed by atoms with Crippen LogP contribution in [-0.2, 0) is 14.3 Å². The van der Waals surface area contributed by atoms with Gasteiger partial charge in [-0.1, -0.05) is 58.9 Å². The van der Waals surface area contributed by atoms with Crippen molar-refractivity contribution in [3.8, 4) is 0 Å². The maximum atomic E-state index is 14.1. The van der Waals surface area contributed by atoms with Gasteiger partial charge >= 0.3 is 5.97 Å². The quantitative estimate of drug-likeness (QED) is 0.138. The molecule has 0 radical (unpaired) electrons. The van der Waals surface area contributed by atoms with Crippen molar-refractivity contribution in [2.45, 2.75) is 99.3 Å². The van der Waals surface area contributed by atoms with E-state index in [4.69, 9.17) is 4.74 Å². The maximum Gasteiger partial charge on any atom is 0.312 e. The number of ether oxygens (including phenoxy) is 1. The van der Waals surface area contributed by atoms with Crippen molar-refractivity contribution in [2.24, 2.45) is 56.7 Å². The molecule has 0 aromatic heterocycles. The highest BCUT2D eigenvalue weighted by Crippen LogP contribution is 2.77. The number of halogens is 1. The molecule has 1 aromatic rings. The molecule has 1 aromatic carbocycles. The Morgan fingerprint density at radius 1 is 0.976 bits per heavy atom. The zero-order valence-electron chi connectivity index (χ0n) is 26.9. The van der Waals surface area contributed by atoms with E-state index in [1.807, 2.05) is 0 Å². The van der Waals surface area contributed by atoms with Crippen molar-refractivity contribution in [2.75, 3.05) is 7.11 Å². The van der Waals surface area contributed by atoms with Crippen LogP contribution in [0.3, 0.4) is 0 Å². The van der Waals surface area contributed by atoms with Crippen LogP contribution in [0.5, 0.6) is 0 Å². The Labute approximate surface area is 267 Å². The molecule has 5 aliphatic carbocycles. The molecule has 9 unspecified atom stereocenters. The Bertz CT molecular complexity index is 1360. The van der Waals surface area contributed by atoms with E-state index >= 15 is 0 Å². The molecule has 0 aliphatic heterocycles. The van der Waals surface area contributed by atoms with Gasteiger partial charge in [-0.2, -0.15) is 0 Å². The molecule has 5 fully saturated rings. The van der Waals surface area contributed by atoms with Gasteiger partial charge in [0.25, 0.3) is 0 Å². The first kappa shape index (κ1) is 30.6. The van der Waals surface area contributed by atoms with Crippen molar-refractivity contribution in [3.63, 3.8) is 0 Å². The van der Waals surface area contributed by atoms with Gasteiger partial charge in [0.15, 0.2) is 5.78 Å². The molecule has 6 rings (SSSR count). The summed E-state index contributed by atoms with van der Waals surface area (Å²) in [7, 11) is 1.59.